The zero-order chi connectivity index (χ0) is 16.4. The van der Waals surface area contributed by atoms with Gasteiger partial charge in [-0.25, -0.2) is 4.39 Å². The number of nitrogens with zero attached hydrogens (tertiary/aromatic N) is 2. The second-order valence-electron chi connectivity index (χ2n) is 6.09. The summed E-state index contributed by atoms with van der Waals surface area (Å²) in [5.41, 5.74) is 2.73. The van der Waals surface area contributed by atoms with Gasteiger partial charge in [0, 0.05) is 18.3 Å². The number of anilines is 1. The van der Waals surface area contributed by atoms with Crippen molar-refractivity contribution in [2.45, 2.75) is 25.8 Å². The summed E-state index contributed by atoms with van der Waals surface area (Å²) in [7, 11) is 0. The Hall–Kier alpha value is -2.05. The molecule has 0 amide bonds. The zero-order valence-corrected chi connectivity index (χ0v) is 13.7. The van der Waals surface area contributed by atoms with Crippen molar-refractivity contribution in [1.29, 1.82) is 5.26 Å². The van der Waals surface area contributed by atoms with Crippen LogP contribution in [0.5, 0.6) is 0 Å². The Bertz CT molecular complexity index is 736. The summed E-state index contributed by atoms with van der Waals surface area (Å²) in [6.07, 6.45) is 2.04. The number of hydrogen-bond donors (Lipinski definition) is 0. The van der Waals surface area contributed by atoms with Gasteiger partial charge in [0.15, 0.2) is 0 Å². The normalized spacial score (nSPS) is 20.5. The van der Waals surface area contributed by atoms with Gasteiger partial charge in [-0.05, 0) is 61.6 Å². The van der Waals surface area contributed by atoms with Gasteiger partial charge in [0.25, 0.3) is 0 Å². The predicted molar refractivity (Wildman–Crippen MR) is 91.2 cm³/mol. The maximum Gasteiger partial charge on any atom is 0.123 e. The summed E-state index contributed by atoms with van der Waals surface area (Å²) in [5.74, 6) is 0.331. The topological polar surface area (TPSA) is 27.0 Å². The Morgan fingerprint density at radius 2 is 2.00 bits per heavy atom. The van der Waals surface area contributed by atoms with E-state index in [4.69, 9.17) is 16.9 Å². The Kier molecular flexibility index (Phi) is 4.54. The molecule has 0 spiro atoms. The van der Waals surface area contributed by atoms with Gasteiger partial charge in [-0.3, -0.25) is 0 Å². The van der Waals surface area contributed by atoms with E-state index in [0.29, 0.717) is 22.5 Å². The highest BCUT2D eigenvalue weighted by Crippen LogP contribution is 2.33. The lowest BCUT2D eigenvalue weighted by atomic mass is 9.93. The van der Waals surface area contributed by atoms with Crippen LogP contribution in [0.3, 0.4) is 0 Å². The molecule has 3 rings (SSSR count). The van der Waals surface area contributed by atoms with Crippen molar-refractivity contribution >= 4 is 17.3 Å². The molecule has 0 aliphatic carbocycles. The molecular weight excluding hydrogens is 311 g/mol. The van der Waals surface area contributed by atoms with Crippen LogP contribution in [-0.2, 0) is 6.42 Å². The third-order valence-corrected chi connectivity index (χ3v) is 5.04. The molecule has 0 bridgehead atoms. The van der Waals surface area contributed by atoms with Crippen molar-refractivity contribution in [3.63, 3.8) is 0 Å². The van der Waals surface area contributed by atoms with E-state index in [1.165, 1.54) is 17.7 Å². The van der Waals surface area contributed by atoms with Crippen LogP contribution in [0.25, 0.3) is 0 Å². The standard InChI is InChI=1S/C19H18ClFN2/c1-13-15(10-14-2-5-17(21)6-3-14)8-9-23(13)18-7-4-16(12-22)19(20)11-18/h2-7,11,13,15H,8-10H2,1H3/t13-,15?/m0/s1. The van der Waals surface area contributed by atoms with Gasteiger partial charge >= 0.3 is 0 Å². The van der Waals surface area contributed by atoms with Crippen LogP contribution in [0.4, 0.5) is 10.1 Å². The molecule has 0 radical (unpaired) electrons. The van der Waals surface area contributed by atoms with Gasteiger partial charge in [-0.1, -0.05) is 23.7 Å². The molecule has 0 saturated carbocycles. The largest absolute Gasteiger partial charge is 0.368 e. The lowest BCUT2D eigenvalue weighted by Crippen LogP contribution is -2.30. The second-order valence-corrected chi connectivity index (χ2v) is 6.50. The first-order valence-electron chi connectivity index (χ1n) is 7.79. The molecule has 1 unspecified atom stereocenters. The van der Waals surface area contributed by atoms with E-state index >= 15 is 0 Å². The third kappa shape index (κ3) is 3.33. The van der Waals surface area contributed by atoms with Crippen LogP contribution < -0.4 is 4.90 Å². The maximum absolute atomic E-state index is 13.0. The molecular formula is C19H18ClFN2. The number of halogens is 2. The van der Waals surface area contributed by atoms with Crippen molar-refractivity contribution in [3.05, 3.63) is 64.4 Å². The molecule has 4 heteroatoms. The summed E-state index contributed by atoms with van der Waals surface area (Å²) in [6, 6.07) is 14.8. The fourth-order valence-corrected chi connectivity index (χ4v) is 3.55. The van der Waals surface area contributed by atoms with E-state index in [0.717, 1.165) is 25.1 Å². The Labute approximate surface area is 141 Å². The highest BCUT2D eigenvalue weighted by atomic mass is 35.5. The smallest absolute Gasteiger partial charge is 0.123 e. The van der Waals surface area contributed by atoms with Gasteiger partial charge in [0.05, 0.1) is 10.6 Å². The zero-order valence-electron chi connectivity index (χ0n) is 13.0. The van der Waals surface area contributed by atoms with E-state index in [1.807, 2.05) is 24.3 Å². The van der Waals surface area contributed by atoms with Crippen molar-refractivity contribution in [1.82, 2.24) is 0 Å². The minimum Gasteiger partial charge on any atom is -0.368 e. The van der Waals surface area contributed by atoms with Crippen molar-refractivity contribution in [2.75, 3.05) is 11.4 Å². The molecule has 1 aliphatic rings. The molecule has 23 heavy (non-hydrogen) atoms. The quantitative estimate of drug-likeness (QED) is 0.808. The average Bonchev–Trinajstić information content (AvgIpc) is 2.90. The summed E-state index contributed by atoms with van der Waals surface area (Å²) in [4.78, 5) is 2.33. The van der Waals surface area contributed by atoms with Crippen LogP contribution in [0.1, 0.15) is 24.5 Å². The number of nitriles is 1. The molecule has 0 aromatic heterocycles. The molecule has 1 aliphatic heterocycles. The SMILES string of the molecule is C[C@H]1C(Cc2ccc(F)cc2)CCN1c1ccc(C#N)c(Cl)c1. The second kappa shape index (κ2) is 6.60. The molecule has 1 heterocycles. The van der Waals surface area contributed by atoms with Crippen LogP contribution in [0.15, 0.2) is 42.5 Å². The fourth-order valence-electron chi connectivity index (χ4n) is 3.34. The lowest BCUT2D eigenvalue weighted by molar-refractivity contribution is 0.494. The summed E-state index contributed by atoms with van der Waals surface area (Å²) < 4.78 is 13.0. The summed E-state index contributed by atoms with van der Waals surface area (Å²) in [6.45, 7) is 3.18. The fraction of sp³-hybridized carbons (Fsp3) is 0.316. The highest BCUT2D eigenvalue weighted by molar-refractivity contribution is 6.32. The van der Waals surface area contributed by atoms with Crippen molar-refractivity contribution in [3.8, 4) is 6.07 Å². The summed E-state index contributed by atoms with van der Waals surface area (Å²) >= 11 is 6.15. The van der Waals surface area contributed by atoms with E-state index in [-0.39, 0.29) is 5.82 Å². The minimum atomic E-state index is -0.193. The monoisotopic (exact) mass is 328 g/mol. The Morgan fingerprint density at radius 1 is 1.26 bits per heavy atom. The number of benzene rings is 2. The van der Waals surface area contributed by atoms with Crippen LogP contribution in [0.2, 0.25) is 5.02 Å². The van der Waals surface area contributed by atoms with Gasteiger partial charge in [0.1, 0.15) is 11.9 Å². The first-order chi connectivity index (χ1) is 11.1. The first-order valence-corrected chi connectivity index (χ1v) is 8.17. The van der Waals surface area contributed by atoms with E-state index < -0.39 is 0 Å². The van der Waals surface area contributed by atoms with Crippen LogP contribution in [0, 0.1) is 23.1 Å². The van der Waals surface area contributed by atoms with E-state index in [1.54, 1.807) is 6.07 Å². The van der Waals surface area contributed by atoms with Gasteiger partial charge in [-0.15, -0.1) is 0 Å². The molecule has 2 nitrogen and oxygen atoms in total. The van der Waals surface area contributed by atoms with Crippen LogP contribution >= 0.6 is 11.6 Å². The number of rotatable bonds is 3. The van der Waals surface area contributed by atoms with Gasteiger partial charge in [0.2, 0.25) is 0 Å². The summed E-state index contributed by atoms with van der Waals surface area (Å²) in [5, 5.41) is 9.48. The predicted octanol–water partition coefficient (Wildman–Crippen LogP) is 4.81. The Balaban J connectivity index is 1.73. The molecule has 0 N–H and O–H groups in total. The Morgan fingerprint density at radius 3 is 2.65 bits per heavy atom. The van der Waals surface area contributed by atoms with Gasteiger partial charge in [-0.2, -0.15) is 5.26 Å². The average molecular weight is 329 g/mol. The van der Waals surface area contributed by atoms with Crippen molar-refractivity contribution < 1.29 is 4.39 Å². The minimum absolute atomic E-state index is 0.193. The molecule has 1 fully saturated rings. The molecule has 1 saturated heterocycles. The van der Waals surface area contributed by atoms with Gasteiger partial charge < -0.3 is 4.90 Å². The first kappa shape index (κ1) is 15.8. The van der Waals surface area contributed by atoms with Crippen LogP contribution in [-0.4, -0.2) is 12.6 Å². The highest BCUT2D eigenvalue weighted by Gasteiger charge is 2.31. The molecule has 2 atom stereocenters. The maximum atomic E-state index is 13.0. The number of hydrogen-bond acceptors (Lipinski definition) is 2. The molecule has 118 valence electrons. The molecule has 2 aromatic carbocycles. The van der Waals surface area contributed by atoms with E-state index in [9.17, 15) is 4.39 Å². The molecule has 2 aromatic rings. The third-order valence-electron chi connectivity index (χ3n) is 4.73. The van der Waals surface area contributed by atoms with Crippen molar-refractivity contribution in [2.24, 2.45) is 5.92 Å². The lowest BCUT2D eigenvalue weighted by Gasteiger charge is -2.27. The van der Waals surface area contributed by atoms with E-state index in [2.05, 4.69) is 17.9 Å².